The third-order valence-corrected chi connectivity index (χ3v) is 5.90. The Bertz CT molecular complexity index is 986. The average Bonchev–Trinajstić information content (AvgIpc) is 3.09. The Balaban J connectivity index is 1.56. The molecule has 0 saturated carbocycles. The molecule has 28 heavy (non-hydrogen) atoms. The number of anilines is 3. The van der Waals surface area contributed by atoms with Crippen molar-refractivity contribution in [1.29, 1.82) is 0 Å². The van der Waals surface area contributed by atoms with Gasteiger partial charge in [0, 0.05) is 16.9 Å². The quantitative estimate of drug-likeness (QED) is 0.424. The van der Waals surface area contributed by atoms with E-state index in [1.165, 1.54) is 30.0 Å². The normalized spacial score (nSPS) is 11.7. The number of carbonyl (C=O) groups is 2. The van der Waals surface area contributed by atoms with Gasteiger partial charge in [-0.05, 0) is 62.7 Å². The summed E-state index contributed by atoms with van der Waals surface area (Å²) in [7, 11) is 0. The molecule has 8 heteroatoms. The van der Waals surface area contributed by atoms with Gasteiger partial charge in [-0.15, -0.1) is 10.2 Å². The molecular formula is C20H20N4O2S2. The number of nitrogens with zero attached hydrogens (tertiary/aromatic N) is 2. The molecule has 0 saturated heterocycles. The highest BCUT2D eigenvalue weighted by molar-refractivity contribution is 8.02. The summed E-state index contributed by atoms with van der Waals surface area (Å²) >= 11 is 2.76. The largest absolute Gasteiger partial charge is 0.330 e. The van der Waals surface area contributed by atoms with Crippen LogP contribution < -0.4 is 10.6 Å². The summed E-state index contributed by atoms with van der Waals surface area (Å²) in [4.78, 5) is 23.7. The third kappa shape index (κ3) is 5.40. The van der Waals surface area contributed by atoms with Gasteiger partial charge in [-0.2, -0.15) is 0 Å². The summed E-state index contributed by atoms with van der Waals surface area (Å²) in [5, 5.41) is 14.7. The molecule has 0 bridgehead atoms. The van der Waals surface area contributed by atoms with Crippen LogP contribution in [0.5, 0.6) is 0 Å². The van der Waals surface area contributed by atoms with Crippen LogP contribution in [0.2, 0.25) is 0 Å². The first kappa shape index (κ1) is 20.0. The number of amides is 1. The van der Waals surface area contributed by atoms with Crippen LogP contribution in [0.15, 0.2) is 52.9 Å². The van der Waals surface area contributed by atoms with Gasteiger partial charge in [0.05, 0.1) is 5.25 Å². The SMILES string of the molecule is CC(=O)c1ccc(NC(=O)C(C)Sc2nnc(Nc3cccc(C)c3)s2)cc1. The zero-order valence-electron chi connectivity index (χ0n) is 15.7. The number of benzene rings is 2. The molecule has 0 aliphatic heterocycles. The molecule has 3 rings (SSSR count). The van der Waals surface area contributed by atoms with Crippen LogP contribution in [-0.4, -0.2) is 27.1 Å². The minimum atomic E-state index is -0.341. The monoisotopic (exact) mass is 412 g/mol. The molecule has 0 spiro atoms. The molecule has 1 atom stereocenters. The van der Waals surface area contributed by atoms with Gasteiger partial charge in [-0.3, -0.25) is 9.59 Å². The van der Waals surface area contributed by atoms with E-state index in [1.807, 2.05) is 38.1 Å². The van der Waals surface area contributed by atoms with E-state index in [-0.39, 0.29) is 16.9 Å². The zero-order valence-corrected chi connectivity index (χ0v) is 17.4. The number of Topliss-reactive ketones (excluding diaryl/α,β-unsaturated/α-hetero) is 1. The highest BCUT2D eigenvalue weighted by atomic mass is 32.2. The lowest BCUT2D eigenvalue weighted by Gasteiger charge is -2.10. The van der Waals surface area contributed by atoms with Crippen molar-refractivity contribution >= 4 is 51.3 Å². The first-order chi connectivity index (χ1) is 13.4. The van der Waals surface area contributed by atoms with Crippen LogP contribution in [0.25, 0.3) is 0 Å². The van der Waals surface area contributed by atoms with Gasteiger partial charge >= 0.3 is 0 Å². The molecule has 144 valence electrons. The van der Waals surface area contributed by atoms with E-state index in [0.717, 1.165) is 11.3 Å². The Morgan fingerprint density at radius 2 is 1.82 bits per heavy atom. The summed E-state index contributed by atoms with van der Waals surface area (Å²) in [6, 6.07) is 14.8. The molecule has 6 nitrogen and oxygen atoms in total. The van der Waals surface area contributed by atoms with Crippen LogP contribution in [0.1, 0.15) is 29.8 Å². The molecule has 0 aliphatic carbocycles. The Hall–Kier alpha value is -2.71. The van der Waals surface area contributed by atoms with E-state index in [9.17, 15) is 9.59 Å². The molecule has 0 aliphatic rings. The molecule has 1 heterocycles. The average molecular weight is 413 g/mol. The second-order valence-electron chi connectivity index (χ2n) is 6.25. The molecule has 2 N–H and O–H groups in total. The van der Waals surface area contributed by atoms with Crippen molar-refractivity contribution in [2.75, 3.05) is 10.6 Å². The van der Waals surface area contributed by atoms with E-state index < -0.39 is 0 Å². The van der Waals surface area contributed by atoms with Gasteiger partial charge in [0.15, 0.2) is 10.1 Å². The van der Waals surface area contributed by atoms with Gasteiger partial charge in [0.1, 0.15) is 0 Å². The molecule has 0 radical (unpaired) electrons. The summed E-state index contributed by atoms with van der Waals surface area (Å²) < 4.78 is 0.713. The summed E-state index contributed by atoms with van der Waals surface area (Å²) in [6.07, 6.45) is 0. The minimum absolute atomic E-state index is 0.00635. The predicted octanol–water partition coefficient (Wildman–Crippen LogP) is 4.91. The van der Waals surface area contributed by atoms with E-state index in [1.54, 1.807) is 24.3 Å². The lowest BCUT2D eigenvalue weighted by Crippen LogP contribution is -2.22. The molecule has 1 aromatic heterocycles. The fourth-order valence-corrected chi connectivity index (χ4v) is 4.31. The molecule has 2 aromatic carbocycles. The maximum absolute atomic E-state index is 12.4. The Labute approximate surface area is 171 Å². The van der Waals surface area contributed by atoms with Crippen molar-refractivity contribution in [3.63, 3.8) is 0 Å². The number of rotatable bonds is 7. The van der Waals surface area contributed by atoms with Crippen molar-refractivity contribution in [2.45, 2.75) is 30.4 Å². The topological polar surface area (TPSA) is 84.0 Å². The Morgan fingerprint density at radius 3 is 2.50 bits per heavy atom. The summed E-state index contributed by atoms with van der Waals surface area (Å²) in [5.74, 6) is -0.142. The van der Waals surface area contributed by atoms with Crippen LogP contribution in [0.3, 0.4) is 0 Å². The maximum atomic E-state index is 12.4. The van der Waals surface area contributed by atoms with Crippen LogP contribution >= 0.6 is 23.1 Å². The van der Waals surface area contributed by atoms with Crippen LogP contribution in [0.4, 0.5) is 16.5 Å². The molecule has 3 aromatic rings. The van der Waals surface area contributed by atoms with Gasteiger partial charge < -0.3 is 10.6 Å². The number of aryl methyl sites for hydroxylation is 1. The van der Waals surface area contributed by atoms with E-state index in [0.29, 0.717) is 20.7 Å². The number of carbonyl (C=O) groups excluding carboxylic acids is 2. The van der Waals surface area contributed by atoms with E-state index >= 15 is 0 Å². The second-order valence-corrected chi connectivity index (χ2v) is 8.82. The maximum Gasteiger partial charge on any atom is 0.237 e. The van der Waals surface area contributed by atoms with Gasteiger partial charge in [0.25, 0.3) is 0 Å². The minimum Gasteiger partial charge on any atom is -0.330 e. The van der Waals surface area contributed by atoms with E-state index in [4.69, 9.17) is 0 Å². The zero-order chi connectivity index (χ0) is 20.1. The van der Waals surface area contributed by atoms with Gasteiger partial charge in [-0.1, -0.05) is 35.2 Å². The summed E-state index contributed by atoms with van der Waals surface area (Å²) in [6.45, 7) is 5.36. The Kier molecular flexibility index (Phi) is 6.43. The van der Waals surface area contributed by atoms with Crippen LogP contribution in [-0.2, 0) is 4.79 Å². The number of hydrogen-bond acceptors (Lipinski definition) is 7. The smallest absolute Gasteiger partial charge is 0.237 e. The van der Waals surface area contributed by atoms with E-state index in [2.05, 4.69) is 20.8 Å². The summed E-state index contributed by atoms with van der Waals surface area (Å²) in [5.41, 5.74) is 3.38. The van der Waals surface area contributed by atoms with Gasteiger partial charge in [0.2, 0.25) is 11.0 Å². The first-order valence-electron chi connectivity index (χ1n) is 8.66. The first-order valence-corrected chi connectivity index (χ1v) is 10.4. The number of thioether (sulfide) groups is 1. The van der Waals surface area contributed by atoms with Crippen molar-refractivity contribution in [2.24, 2.45) is 0 Å². The third-order valence-electron chi connectivity index (χ3n) is 3.88. The standard InChI is InChI=1S/C20H20N4O2S2/c1-12-5-4-6-17(11-12)22-19-23-24-20(28-19)27-14(3)18(26)21-16-9-7-15(8-10-16)13(2)25/h4-11,14H,1-3H3,(H,21,26)(H,22,23). The number of aromatic nitrogens is 2. The molecule has 0 fully saturated rings. The van der Waals surface area contributed by atoms with Crippen molar-refractivity contribution in [1.82, 2.24) is 10.2 Å². The van der Waals surface area contributed by atoms with Gasteiger partial charge in [-0.25, -0.2) is 0 Å². The van der Waals surface area contributed by atoms with Crippen molar-refractivity contribution in [3.8, 4) is 0 Å². The fraction of sp³-hybridized carbons (Fsp3) is 0.200. The lowest BCUT2D eigenvalue weighted by atomic mass is 10.1. The predicted molar refractivity (Wildman–Crippen MR) is 115 cm³/mol. The Morgan fingerprint density at radius 1 is 1.07 bits per heavy atom. The molecule has 1 unspecified atom stereocenters. The lowest BCUT2D eigenvalue weighted by molar-refractivity contribution is -0.115. The fourth-order valence-electron chi connectivity index (χ4n) is 2.39. The molecule has 1 amide bonds. The van der Waals surface area contributed by atoms with Crippen molar-refractivity contribution < 1.29 is 9.59 Å². The highest BCUT2D eigenvalue weighted by Gasteiger charge is 2.17. The highest BCUT2D eigenvalue weighted by Crippen LogP contribution is 2.31. The molecular weight excluding hydrogens is 392 g/mol. The number of nitrogens with one attached hydrogen (secondary N) is 2. The second kappa shape index (κ2) is 8.99. The van der Waals surface area contributed by atoms with Crippen molar-refractivity contribution in [3.05, 3.63) is 59.7 Å². The van der Waals surface area contributed by atoms with Crippen LogP contribution in [0, 0.1) is 6.92 Å². The number of ketones is 1. The number of hydrogen-bond donors (Lipinski definition) is 2.